The van der Waals surface area contributed by atoms with E-state index in [-0.39, 0.29) is 16.6 Å². The summed E-state index contributed by atoms with van der Waals surface area (Å²) >= 11 is 0. The van der Waals surface area contributed by atoms with E-state index in [0.29, 0.717) is 5.92 Å². The van der Waals surface area contributed by atoms with E-state index >= 15 is 0 Å². The van der Waals surface area contributed by atoms with Gasteiger partial charge in [0.05, 0.1) is 0 Å². The van der Waals surface area contributed by atoms with Crippen LogP contribution in [-0.2, 0) is 4.79 Å². The lowest BCUT2D eigenvalue weighted by Crippen LogP contribution is -2.32. The molecule has 2 bridgehead atoms. The Balaban J connectivity index is 2.57. The summed E-state index contributed by atoms with van der Waals surface area (Å²) in [7, 11) is 0. The van der Waals surface area contributed by atoms with Crippen molar-refractivity contribution in [1.29, 1.82) is 0 Å². The van der Waals surface area contributed by atoms with Gasteiger partial charge in [-0.15, -0.1) is 0 Å². The van der Waals surface area contributed by atoms with E-state index in [1.54, 1.807) is 0 Å². The van der Waals surface area contributed by atoms with Gasteiger partial charge in [0.15, 0.2) is 5.78 Å². The Hall–Kier alpha value is -0.790. The van der Waals surface area contributed by atoms with Crippen molar-refractivity contribution >= 4 is 5.78 Å². The molecule has 2 atom stereocenters. The molecule has 13 heavy (non-hydrogen) atoms. The molecule has 2 N–H and O–H groups in total. The van der Waals surface area contributed by atoms with E-state index in [0.717, 1.165) is 18.4 Å². The zero-order valence-electron chi connectivity index (χ0n) is 8.55. The van der Waals surface area contributed by atoms with Crippen LogP contribution in [0.3, 0.4) is 0 Å². The van der Waals surface area contributed by atoms with Crippen LogP contribution in [0.25, 0.3) is 0 Å². The first-order chi connectivity index (χ1) is 5.95. The number of hydrogen-bond acceptors (Lipinski definition) is 2. The number of Topliss-reactive ketones (excluding diaryl/α,β-unsaturated/α-hetero) is 1. The van der Waals surface area contributed by atoms with E-state index in [2.05, 4.69) is 20.8 Å². The van der Waals surface area contributed by atoms with Gasteiger partial charge in [-0.2, -0.15) is 0 Å². The van der Waals surface area contributed by atoms with Crippen molar-refractivity contribution in [3.63, 3.8) is 0 Å². The van der Waals surface area contributed by atoms with Crippen molar-refractivity contribution in [3.05, 3.63) is 11.8 Å². The minimum Gasteiger partial charge on any atom is -0.404 e. The second kappa shape index (κ2) is 2.17. The summed E-state index contributed by atoms with van der Waals surface area (Å²) in [6.45, 7) is 6.48. The number of rotatable bonds is 0. The maximum absolute atomic E-state index is 12.0. The van der Waals surface area contributed by atoms with Gasteiger partial charge in [0.1, 0.15) is 0 Å². The molecule has 2 aliphatic rings. The third-order valence-corrected chi connectivity index (χ3v) is 4.54. The molecule has 2 rings (SSSR count). The van der Waals surface area contributed by atoms with Gasteiger partial charge in [-0.25, -0.2) is 0 Å². The largest absolute Gasteiger partial charge is 0.404 e. The Morgan fingerprint density at radius 3 is 2.38 bits per heavy atom. The third kappa shape index (κ3) is 0.725. The molecule has 0 amide bonds. The lowest BCUT2D eigenvalue weighted by Gasteiger charge is -2.31. The molecule has 2 saturated carbocycles. The predicted molar refractivity (Wildman–Crippen MR) is 51.9 cm³/mol. The molecule has 0 spiro atoms. The molecule has 0 aromatic carbocycles. The third-order valence-electron chi connectivity index (χ3n) is 4.54. The molecule has 0 aromatic rings. The van der Waals surface area contributed by atoms with Crippen LogP contribution in [0.2, 0.25) is 0 Å². The van der Waals surface area contributed by atoms with Gasteiger partial charge in [-0.3, -0.25) is 4.79 Å². The van der Waals surface area contributed by atoms with Crippen LogP contribution in [-0.4, -0.2) is 5.78 Å². The van der Waals surface area contributed by atoms with Crippen molar-refractivity contribution < 1.29 is 4.79 Å². The minimum absolute atomic E-state index is 0.106. The number of fused-ring (bicyclic) bond motifs is 2. The SMILES string of the molecule is CC1(C)[C@H]2CC[C@]1(C)C(=O)C2=CN. The highest BCUT2D eigenvalue weighted by Crippen LogP contribution is 2.65. The van der Waals surface area contributed by atoms with Crippen LogP contribution in [0.1, 0.15) is 33.6 Å². The highest BCUT2D eigenvalue weighted by Gasteiger charge is 2.63. The summed E-state index contributed by atoms with van der Waals surface area (Å²) < 4.78 is 0. The first-order valence-corrected chi connectivity index (χ1v) is 4.92. The normalized spacial score (nSPS) is 44.7. The van der Waals surface area contributed by atoms with Gasteiger partial charge in [0.2, 0.25) is 0 Å². The fourth-order valence-electron chi connectivity index (χ4n) is 3.12. The first-order valence-electron chi connectivity index (χ1n) is 4.92. The maximum atomic E-state index is 12.0. The highest BCUT2D eigenvalue weighted by atomic mass is 16.1. The Labute approximate surface area is 79.2 Å². The van der Waals surface area contributed by atoms with Gasteiger partial charge in [0.25, 0.3) is 0 Å². The van der Waals surface area contributed by atoms with E-state index in [1.165, 1.54) is 6.20 Å². The van der Waals surface area contributed by atoms with Crippen LogP contribution >= 0.6 is 0 Å². The monoisotopic (exact) mass is 179 g/mol. The van der Waals surface area contributed by atoms with E-state index in [1.807, 2.05) is 0 Å². The van der Waals surface area contributed by atoms with Crippen molar-refractivity contribution in [3.8, 4) is 0 Å². The molecule has 2 aliphatic carbocycles. The summed E-state index contributed by atoms with van der Waals surface area (Å²) in [6, 6.07) is 0. The lowest BCUT2D eigenvalue weighted by molar-refractivity contribution is -0.125. The van der Waals surface area contributed by atoms with Gasteiger partial charge in [0, 0.05) is 17.2 Å². The summed E-state index contributed by atoms with van der Waals surface area (Å²) in [6.07, 6.45) is 3.68. The number of hydrogen-bond donors (Lipinski definition) is 1. The average molecular weight is 179 g/mol. The number of allylic oxidation sites excluding steroid dienone is 1. The van der Waals surface area contributed by atoms with Crippen molar-refractivity contribution in [2.24, 2.45) is 22.5 Å². The Kier molecular flexibility index (Phi) is 1.47. The number of ketones is 1. The maximum Gasteiger partial charge on any atom is 0.167 e. The minimum atomic E-state index is -0.150. The number of carbonyl (C=O) groups excluding carboxylic acids is 1. The molecule has 2 nitrogen and oxygen atoms in total. The van der Waals surface area contributed by atoms with Crippen LogP contribution in [0.5, 0.6) is 0 Å². The Morgan fingerprint density at radius 2 is 2.08 bits per heavy atom. The van der Waals surface area contributed by atoms with E-state index in [4.69, 9.17) is 5.73 Å². The standard InChI is InChI=1S/C11H17NO/c1-10(2)8-4-5-11(10,3)9(13)7(8)6-12/h6,8H,4-5,12H2,1-3H3/t8-,11+/m0/s1. The molecule has 2 heteroatoms. The zero-order valence-corrected chi connectivity index (χ0v) is 8.55. The van der Waals surface area contributed by atoms with Crippen LogP contribution in [0.4, 0.5) is 0 Å². The molecule has 0 aromatic heterocycles. The van der Waals surface area contributed by atoms with Gasteiger partial charge < -0.3 is 5.73 Å². The van der Waals surface area contributed by atoms with Gasteiger partial charge >= 0.3 is 0 Å². The van der Waals surface area contributed by atoms with Crippen LogP contribution in [0.15, 0.2) is 11.8 Å². The fraction of sp³-hybridized carbons (Fsp3) is 0.727. The fourth-order valence-corrected chi connectivity index (χ4v) is 3.12. The van der Waals surface area contributed by atoms with Crippen molar-refractivity contribution in [2.75, 3.05) is 0 Å². The second-order valence-corrected chi connectivity index (χ2v) is 5.10. The second-order valence-electron chi connectivity index (χ2n) is 5.10. The lowest BCUT2D eigenvalue weighted by atomic mass is 9.70. The topological polar surface area (TPSA) is 43.1 Å². The van der Waals surface area contributed by atoms with Gasteiger partial charge in [-0.05, 0) is 24.2 Å². The molecule has 0 aliphatic heterocycles. The van der Waals surface area contributed by atoms with Crippen LogP contribution in [0, 0.1) is 16.7 Å². The summed E-state index contributed by atoms with van der Waals surface area (Å²) in [5.41, 5.74) is 6.34. The van der Waals surface area contributed by atoms with Crippen molar-refractivity contribution in [2.45, 2.75) is 33.6 Å². The molecule has 0 unspecified atom stereocenters. The van der Waals surface area contributed by atoms with E-state index in [9.17, 15) is 4.79 Å². The van der Waals surface area contributed by atoms with Crippen molar-refractivity contribution in [1.82, 2.24) is 0 Å². The Bertz CT molecular complexity index is 303. The molecular weight excluding hydrogens is 162 g/mol. The van der Waals surface area contributed by atoms with Gasteiger partial charge in [-0.1, -0.05) is 20.8 Å². The first kappa shape index (κ1) is 8.79. The highest BCUT2D eigenvalue weighted by molar-refractivity contribution is 6.04. The molecule has 2 fully saturated rings. The molecule has 0 saturated heterocycles. The number of nitrogens with two attached hydrogens (primary N) is 1. The smallest absolute Gasteiger partial charge is 0.167 e. The predicted octanol–water partition coefficient (Wildman–Crippen LogP) is 1.85. The zero-order chi connectivity index (χ0) is 9.85. The Morgan fingerprint density at radius 1 is 1.46 bits per heavy atom. The summed E-state index contributed by atoms with van der Waals surface area (Å²) in [4.78, 5) is 12.0. The quantitative estimate of drug-likeness (QED) is 0.577. The summed E-state index contributed by atoms with van der Waals surface area (Å²) in [5, 5.41) is 0. The molecule has 0 radical (unpaired) electrons. The molecular formula is C11H17NO. The summed E-state index contributed by atoms with van der Waals surface area (Å²) in [5.74, 6) is 0.686. The van der Waals surface area contributed by atoms with Crippen LogP contribution < -0.4 is 5.73 Å². The molecule has 0 heterocycles. The van der Waals surface area contributed by atoms with E-state index < -0.39 is 0 Å². The molecule has 72 valence electrons. The number of carbonyl (C=O) groups is 1. The average Bonchev–Trinajstić information content (AvgIpc) is 2.36.